The monoisotopic (exact) mass is 326 g/mol. The van der Waals surface area contributed by atoms with Crippen molar-refractivity contribution in [1.82, 2.24) is 9.88 Å². The van der Waals surface area contributed by atoms with Crippen molar-refractivity contribution in [2.75, 3.05) is 0 Å². The first-order valence-corrected chi connectivity index (χ1v) is 9.55. The van der Waals surface area contributed by atoms with E-state index in [1.54, 1.807) is 6.08 Å². The van der Waals surface area contributed by atoms with Gasteiger partial charge in [0.05, 0.1) is 0 Å². The van der Waals surface area contributed by atoms with E-state index in [0.29, 0.717) is 12.0 Å². The number of fused-ring (bicyclic) bond motifs is 1. The molecule has 4 atom stereocenters. The van der Waals surface area contributed by atoms with Crippen molar-refractivity contribution in [3.8, 4) is 0 Å². The van der Waals surface area contributed by atoms with Crippen LogP contribution in [0.15, 0.2) is 18.3 Å². The first-order valence-electron chi connectivity index (χ1n) is 9.55. The molecular weight excluding hydrogens is 296 g/mol. The molecule has 24 heavy (non-hydrogen) atoms. The maximum Gasteiger partial charge on any atom is 0.155 e. The number of rotatable bonds is 6. The van der Waals surface area contributed by atoms with Crippen molar-refractivity contribution in [2.24, 2.45) is 24.3 Å². The minimum absolute atomic E-state index is 0.182. The fourth-order valence-corrected chi connectivity index (χ4v) is 5.77. The Morgan fingerprint density at radius 3 is 3.00 bits per heavy atom. The Morgan fingerprint density at radius 2 is 2.21 bits per heavy atom. The van der Waals surface area contributed by atoms with E-state index in [1.807, 2.05) is 13.0 Å². The van der Waals surface area contributed by atoms with Crippen LogP contribution in [-0.4, -0.2) is 15.9 Å². The minimum Gasteiger partial charge on any atom is -0.351 e. The summed E-state index contributed by atoms with van der Waals surface area (Å²) in [5.74, 6) is 2.05. The van der Waals surface area contributed by atoms with E-state index in [0.717, 1.165) is 29.5 Å². The molecule has 3 saturated carbocycles. The Morgan fingerprint density at radius 1 is 1.38 bits per heavy atom. The Bertz CT molecular complexity index is 684. The minimum atomic E-state index is 0.182. The van der Waals surface area contributed by atoms with Crippen LogP contribution in [0, 0.1) is 17.3 Å². The Labute approximate surface area is 145 Å². The molecule has 0 aromatic carbocycles. The Hall–Kier alpha value is -1.35. The lowest BCUT2D eigenvalue weighted by Crippen LogP contribution is -2.47. The molecule has 1 aromatic heterocycles. The van der Waals surface area contributed by atoms with E-state index in [-0.39, 0.29) is 5.78 Å². The lowest BCUT2D eigenvalue weighted by molar-refractivity contribution is -0.114. The van der Waals surface area contributed by atoms with E-state index in [9.17, 15) is 4.79 Å². The number of nitrogens with one attached hydrogen (secondary N) is 1. The van der Waals surface area contributed by atoms with E-state index in [2.05, 4.69) is 36.1 Å². The molecule has 0 amide bonds. The fraction of sp³-hybridized carbons (Fsp3) is 0.667. The highest BCUT2D eigenvalue weighted by atomic mass is 16.1. The molecule has 1 heterocycles. The van der Waals surface area contributed by atoms with E-state index in [1.165, 1.54) is 37.7 Å². The van der Waals surface area contributed by atoms with Gasteiger partial charge in [-0.15, -0.1) is 0 Å². The van der Waals surface area contributed by atoms with Gasteiger partial charge in [-0.1, -0.05) is 13.8 Å². The second-order valence-electron chi connectivity index (χ2n) is 8.83. The molecule has 3 nitrogen and oxygen atoms in total. The summed E-state index contributed by atoms with van der Waals surface area (Å²) >= 11 is 0. The Kier molecular flexibility index (Phi) is 3.76. The highest BCUT2D eigenvalue weighted by molar-refractivity contribution is 5.93. The predicted octanol–water partition coefficient (Wildman–Crippen LogP) is 4.08. The van der Waals surface area contributed by atoms with Crippen LogP contribution in [0.4, 0.5) is 0 Å². The molecule has 4 unspecified atom stereocenters. The van der Waals surface area contributed by atoms with Gasteiger partial charge in [0.2, 0.25) is 0 Å². The number of allylic oxidation sites excluding steroid dienone is 1. The molecule has 1 spiro atoms. The van der Waals surface area contributed by atoms with Gasteiger partial charge in [-0.25, -0.2) is 0 Å². The van der Waals surface area contributed by atoms with Gasteiger partial charge in [-0.2, -0.15) is 0 Å². The van der Waals surface area contributed by atoms with Gasteiger partial charge in [0.25, 0.3) is 0 Å². The number of ketones is 1. The third kappa shape index (κ3) is 2.77. The number of carbonyl (C=O) groups is 1. The number of carbonyl (C=O) groups excluding carboxylic acids is 1. The van der Waals surface area contributed by atoms with Gasteiger partial charge in [0.1, 0.15) is 0 Å². The van der Waals surface area contributed by atoms with Gasteiger partial charge < -0.3 is 9.88 Å². The van der Waals surface area contributed by atoms with Crippen LogP contribution in [0.25, 0.3) is 6.08 Å². The first kappa shape index (κ1) is 16.1. The fourth-order valence-electron chi connectivity index (χ4n) is 5.77. The molecule has 130 valence electrons. The molecule has 0 aliphatic heterocycles. The number of aryl methyl sites for hydroxylation is 1. The summed E-state index contributed by atoms with van der Waals surface area (Å²) in [5, 5.41) is 3.94. The standard InChI is InChI=1S/C21H30N2O/c1-4-19(24)6-5-18-7-16(13-23(18)3)12-22-21-9-15(2)8-20(14-21)10-17(20)11-21/h5-7,13,15,17,22H,4,8-12,14H2,1-3H3. The first-order chi connectivity index (χ1) is 11.4. The van der Waals surface area contributed by atoms with Crippen molar-refractivity contribution in [3.63, 3.8) is 0 Å². The predicted molar refractivity (Wildman–Crippen MR) is 97.5 cm³/mol. The van der Waals surface area contributed by atoms with Crippen molar-refractivity contribution in [3.05, 3.63) is 29.6 Å². The molecular formula is C21H30N2O. The molecule has 3 aliphatic carbocycles. The van der Waals surface area contributed by atoms with Crippen LogP contribution < -0.4 is 5.32 Å². The molecule has 3 fully saturated rings. The topological polar surface area (TPSA) is 34.0 Å². The van der Waals surface area contributed by atoms with Crippen molar-refractivity contribution in [1.29, 1.82) is 0 Å². The van der Waals surface area contributed by atoms with Crippen LogP contribution in [0.3, 0.4) is 0 Å². The van der Waals surface area contributed by atoms with Crippen LogP contribution in [0.5, 0.6) is 0 Å². The highest BCUT2D eigenvalue weighted by Gasteiger charge is 2.67. The van der Waals surface area contributed by atoms with E-state index >= 15 is 0 Å². The lowest BCUT2D eigenvalue weighted by Gasteiger charge is -2.41. The number of aromatic nitrogens is 1. The highest BCUT2D eigenvalue weighted by Crippen LogP contribution is 2.73. The Balaban J connectivity index is 1.42. The zero-order chi connectivity index (χ0) is 16.9. The van der Waals surface area contributed by atoms with Gasteiger partial charge in [-0.05, 0) is 73.1 Å². The molecule has 3 aliphatic rings. The van der Waals surface area contributed by atoms with Gasteiger partial charge >= 0.3 is 0 Å². The SMILES string of the molecule is CCC(=O)C=Cc1cc(CNC23CC(C)CC4(CC4C2)C3)cn1C. The van der Waals surface area contributed by atoms with Crippen LogP contribution in [0.2, 0.25) is 0 Å². The average Bonchev–Trinajstić information content (AvgIpc) is 2.91. The normalized spacial score (nSPS) is 37.0. The van der Waals surface area contributed by atoms with Gasteiger partial charge in [0.15, 0.2) is 5.78 Å². The maximum absolute atomic E-state index is 11.5. The third-order valence-electron chi connectivity index (χ3n) is 6.74. The summed E-state index contributed by atoms with van der Waals surface area (Å²) in [5.41, 5.74) is 3.54. The van der Waals surface area contributed by atoms with Crippen molar-refractivity contribution in [2.45, 2.75) is 64.5 Å². The summed E-state index contributed by atoms with van der Waals surface area (Å²) in [6.45, 7) is 5.28. The van der Waals surface area contributed by atoms with Crippen LogP contribution >= 0.6 is 0 Å². The quantitative estimate of drug-likeness (QED) is 0.799. The molecule has 3 heteroatoms. The molecule has 0 radical (unpaired) electrons. The summed E-state index contributed by atoms with van der Waals surface area (Å²) in [6, 6.07) is 2.21. The maximum atomic E-state index is 11.5. The van der Waals surface area contributed by atoms with E-state index in [4.69, 9.17) is 0 Å². The molecule has 4 rings (SSSR count). The second kappa shape index (κ2) is 5.59. The molecule has 0 saturated heterocycles. The zero-order valence-electron chi connectivity index (χ0n) is 15.3. The molecule has 1 aromatic rings. The molecule has 1 N–H and O–H groups in total. The lowest BCUT2D eigenvalue weighted by atomic mass is 9.72. The van der Waals surface area contributed by atoms with Crippen LogP contribution in [-0.2, 0) is 18.4 Å². The van der Waals surface area contributed by atoms with Gasteiger partial charge in [-0.3, -0.25) is 4.79 Å². The third-order valence-corrected chi connectivity index (χ3v) is 6.74. The van der Waals surface area contributed by atoms with Crippen molar-refractivity contribution < 1.29 is 4.79 Å². The van der Waals surface area contributed by atoms with Crippen molar-refractivity contribution >= 4 is 11.9 Å². The van der Waals surface area contributed by atoms with Crippen LogP contribution in [0.1, 0.15) is 63.6 Å². The average molecular weight is 326 g/mol. The second-order valence-corrected chi connectivity index (χ2v) is 8.83. The summed E-state index contributed by atoms with van der Waals surface area (Å²) in [7, 11) is 2.06. The number of hydrogen-bond acceptors (Lipinski definition) is 2. The molecule has 2 bridgehead atoms. The smallest absolute Gasteiger partial charge is 0.155 e. The van der Waals surface area contributed by atoms with E-state index < -0.39 is 0 Å². The largest absolute Gasteiger partial charge is 0.351 e. The number of nitrogens with zero attached hydrogens (tertiary/aromatic N) is 1. The zero-order valence-corrected chi connectivity index (χ0v) is 15.3. The summed E-state index contributed by atoms with van der Waals surface area (Å²) in [6.07, 6.45) is 13.5. The number of hydrogen-bond donors (Lipinski definition) is 1. The van der Waals surface area contributed by atoms with Gasteiger partial charge in [0, 0.05) is 37.4 Å². The summed E-state index contributed by atoms with van der Waals surface area (Å²) < 4.78 is 2.12. The summed E-state index contributed by atoms with van der Waals surface area (Å²) in [4.78, 5) is 11.5.